The van der Waals surface area contributed by atoms with Gasteiger partial charge in [0.2, 0.25) is 0 Å². The monoisotopic (exact) mass is 320 g/mol. The Hall–Kier alpha value is -2.33. The summed E-state index contributed by atoms with van der Waals surface area (Å²) in [7, 11) is 0. The SMILES string of the molecule is Cc1ccc(/C=C2/SC(N3CCc4ccccc43)=NC2=O)cc1. The molecule has 0 spiro atoms. The van der Waals surface area contributed by atoms with Crippen LogP contribution in [0.15, 0.2) is 58.4 Å². The maximum absolute atomic E-state index is 12.2. The first-order valence-corrected chi connectivity index (χ1v) is 8.47. The van der Waals surface area contributed by atoms with Gasteiger partial charge in [0.25, 0.3) is 5.91 Å². The first-order chi connectivity index (χ1) is 11.2. The van der Waals surface area contributed by atoms with Crippen molar-refractivity contribution < 1.29 is 4.79 Å². The first kappa shape index (κ1) is 14.3. The van der Waals surface area contributed by atoms with Crippen molar-refractivity contribution in [3.63, 3.8) is 0 Å². The summed E-state index contributed by atoms with van der Waals surface area (Å²) in [4.78, 5) is 19.3. The maximum atomic E-state index is 12.2. The molecule has 0 atom stereocenters. The maximum Gasteiger partial charge on any atom is 0.286 e. The minimum absolute atomic E-state index is 0.144. The first-order valence-electron chi connectivity index (χ1n) is 7.65. The van der Waals surface area contributed by atoms with E-state index in [0.29, 0.717) is 4.91 Å². The summed E-state index contributed by atoms with van der Waals surface area (Å²) in [6, 6.07) is 16.5. The van der Waals surface area contributed by atoms with Crippen molar-refractivity contribution in [2.24, 2.45) is 4.99 Å². The number of anilines is 1. The fourth-order valence-corrected chi connectivity index (χ4v) is 3.82. The van der Waals surface area contributed by atoms with Crippen molar-refractivity contribution in [3.05, 3.63) is 70.1 Å². The molecule has 2 aliphatic rings. The van der Waals surface area contributed by atoms with E-state index in [4.69, 9.17) is 0 Å². The Balaban J connectivity index is 1.59. The van der Waals surface area contributed by atoms with E-state index in [9.17, 15) is 4.79 Å². The molecule has 0 N–H and O–H groups in total. The lowest BCUT2D eigenvalue weighted by molar-refractivity contribution is -0.113. The molecule has 0 saturated carbocycles. The largest absolute Gasteiger partial charge is 0.320 e. The lowest BCUT2D eigenvalue weighted by Crippen LogP contribution is -2.24. The van der Waals surface area contributed by atoms with Gasteiger partial charge in [0.1, 0.15) is 0 Å². The Morgan fingerprint density at radius 3 is 2.74 bits per heavy atom. The number of rotatable bonds is 1. The average molecular weight is 320 g/mol. The predicted octanol–water partition coefficient (Wildman–Crippen LogP) is 4.03. The normalized spacial score (nSPS) is 18.5. The van der Waals surface area contributed by atoms with Crippen molar-refractivity contribution in [2.45, 2.75) is 13.3 Å². The minimum Gasteiger partial charge on any atom is -0.320 e. The Morgan fingerprint density at radius 1 is 1.13 bits per heavy atom. The van der Waals surface area contributed by atoms with Gasteiger partial charge in [0.05, 0.1) is 4.91 Å². The third-order valence-corrected chi connectivity index (χ3v) is 5.11. The molecule has 0 saturated heterocycles. The molecular formula is C19H16N2OS. The summed E-state index contributed by atoms with van der Waals surface area (Å²) < 4.78 is 0. The van der Waals surface area contributed by atoms with Crippen molar-refractivity contribution in [3.8, 4) is 0 Å². The quantitative estimate of drug-likeness (QED) is 0.744. The molecular weight excluding hydrogens is 304 g/mol. The minimum atomic E-state index is -0.144. The van der Waals surface area contributed by atoms with Crippen LogP contribution in [-0.2, 0) is 11.2 Å². The molecule has 4 rings (SSSR count). The van der Waals surface area contributed by atoms with Crippen molar-refractivity contribution in [1.82, 2.24) is 0 Å². The van der Waals surface area contributed by atoms with E-state index >= 15 is 0 Å². The Labute approximate surface area is 139 Å². The van der Waals surface area contributed by atoms with Gasteiger partial charge in [0, 0.05) is 12.2 Å². The molecule has 2 heterocycles. The van der Waals surface area contributed by atoms with Gasteiger partial charge < -0.3 is 4.90 Å². The molecule has 0 aromatic heterocycles. The van der Waals surface area contributed by atoms with E-state index in [0.717, 1.165) is 23.7 Å². The van der Waals surface area contributed by atoms with Gasteiger partial charge in [-0.1, -0.05) is 48.0 Å². The molecule has 23 heavy (non-hydrogen) atoms. The number of amides is 1. The van der Waals surface area contributed by atoms with Crippen molar-refractivity contribution in [2.75, 3.05) is 11.4 Å². The molecule has 2 aliphatic heterocycles. The van der Waals surface area contributed by atoms with E-state index in [1.807, 2.05) is 24.3 Å². The number of carbonyl (C=O) groups is 1. The van der Waals surface area contributed by atoms with Crippen LogP contribution in [0.25, 0.3) is 6.08 Å². The van der Waals surface area contributed by atoms with E-state index in [1.54, 1.807) is 0 Å². The molecule has 3 nitrogen and oxygen atoms in total. The number of nitrogens with zero attached hydrogens (tertiary/aromatic N) is 2. The zero-order chi connectivity index (χ0) is 15.8. The van der Waals surface area contributed by atoms with E-state index in [-0.39, 0.29) is 5.91 Å². The number of hydrogen-bond donors (Lipinski definition) is 0. The van der Waals surface area contributed by atoms with Crippen LogP contribution in [0.5, 0.6) is 0 Å². The molecule has 2 aromatic rings. The van der Waals surface area contributed by atoms with Gasteiger partial charge in [-0.25, -0.2) is 0 Å². The Bertz CT molecular complexity index is 837. The number of aryl methyl sites for hydroxylation is 1. The van der Waals surface area contributed by atoms with Crippen LogP contribution >= 0.6 is 11.8 Å². The lowest BCUT2D eigenvalue weighted by Gasteiger charge is -2.17. The highest BCUT2D eigenvalue weighted by Crippen LogP contribution is 2.36. The topological polar surface area (TPSA) is 32.7 Å². The fourth-order valence-electron chi connectivity index (χ4n) is 2.86. The van der Waals surface area contributed by atoms with E-state index in [2.05, 4.69) is 47.1 Å². The van der Waals surface area contributed by atoms with Gasteiger partial charge in [-0.05, 0) is 48.4 Å². The molecule has 114 valence electrons. The third-order valence-electron chi connectivity index (χ3n) is 4.10. The predicted molar refractivity (Wildman–Crippen MR) is 96.7 cm³/mol. The number of aliphatic imine (C=N–C) groups is 1. The second-order valence-electron chi connectivity index (χ2n) is 5.75. The number of benzene rings is 2. The zero-order valence-corrected chi connectivity index (χ0v) is 13.6. The van der Waals surface area contributed by atoms with Crippen LogP contribution in [-0.4, -0.2) is 17.6 Å². The number of para-hydroxylation sites is 1. The summed E-state index contributed by atoms with van der Waals surface area (Å²) in [5, 5.41) is 0.790. The highest BCUT2D eigenvalue weighted by atomic mass is 32.2. The second-order valence-corrected chi connectivity index (χ2v) is 6.76. The van der Waals surface area contributed by atoms with Crippen LogP contribution in [0.3, 0.4) is 0 Å². The van der Waals surface area contributed by atoms with Gasteiger partial charge in [-0.2, -0.15) is 4.99 Å². The number of hydrogen-bond acceptors (Lipinski definition) is 3. The van der Waals surface area contributed by atoms with Gasteiger partial charge >= 0.3 is 0 Å². The number of carbonyl (C=O) groups excluding carboxylic acids is 1. The molecule has 0 fully saturated rings. The van der Waals surface area contributed by atoms with Gasteiger partial charge in [-0.3, -0.25) is 4.79 Å². The molecule has 2 aromatic carbocycles. The smallest absolute Gasteiger partial charge is 0.286 e. The Kier molecular flexibility index (Phi) is 3.54. The summed E-state index contributed by atoms with van der Waals surface area (Å²) in [6.07, 6.45) is 2.92. The van der Waals surface area contributed by atoms with Crippen LogP contribution in [0.4, 0.5) is 5.69 Å². The van der Waals surface area contributed by atoms with Gasteiger partial charge in [-0.15, -0.1) is 0 Å². The van der Waals surface area contributed by atoms with Crippen LogP contribution < -0.4 is 4.90 Å². The summed E-state index contributed by atoms with van der Waals surface area (Å²) in [5.41, 5.74) is 4.73. The highest BCUT2D eigenvalue weighted by Gasteiger charge is 2.30. The average Bonchev–Trinajstić information content (AvgIpc) is 3.13. The van der Waals surface area contributed by atoms with E-state index < -0.39 is 0 Å². The summed E-state index contributed by atoms with van der Waals surface area (Å²) >= 11 is 1.47. The number of amidine groups is 1. The number of thioether (sulfide) groups is 1. The van der Waals surface area contributed by atoms with Crippen LogP contribution in [0.2, 0.25) is 0 Å². The van der Waals surface area contributed by atoms with Crippen molar-refractivity contribution >= 4 is 34.6 Å². The van der Waals surface area contributed by atoms with E-state index in [1.165, 1.54) is 28.6 Å². The molecule has 0 unspecified atom stereocenters. The number of fused-ring (bicyclic) bond motifs is 1. The van der Waals surface area contributed by atoms with Gasteiger partial charge in [0.15, 0.2) is 5.17 Å². The third kappa shape index (κ3) is 2.70. The highest BCUT2D eigenvalue weighted by molar-refractivity contribution is 8.18. The summed E-state index contributed by atoms with van der Waals surface area (Å²) in [6.45, 7) is 2.94. The fraction of sp³-hybridized carbons (Fsp3) is 0.158. The molecule has 0 radical (unpaired) electrons. The molecule has 4 heteroatoms. The van der Waals surface area contributed by atoms with Crippen molar-refractivity contribution in [1.29, 1.82) is 0 Å². The molecule has 1 amide bonds. The second kappa shape index (κ2) is 5.70. The molecule has 0 aliphatic carbocycles. The lowest BCUT2D eigenvalue weighted by atomic mass is 10.1. The zero-order valence-electron chi connectivity index (χ0n) is 12.8. The molecule has 0 bridgehead atoms. The Morgan fingerprint density at radius 2 is 1.91 bits per heavy atom. The van der Waals surface area contributed by atoms with Crippen LogP contribution in [0.1, 0.15) is 16.7 Å². The van der Waals surface area contributed by atoms with Crippen LogP contribution in [0, 0.1) is 6.92 Å². The summed E-state index contributed by atoms with van der Waals surface area (Å²) in [5.74, 6) is -0.144. The standard InChI is InChI=1S/C19H16N2OS/c1-13-6-8-14(9-7-13)12-17-18(22)20-19(23-17)21-11-10-15-4-2-3-5-16(15)21/h2-9,12H,10-11H2,1H3/b17-12+.